The second-order valence-electron chi connectivity index (χ2n) is 19.4. The summed E-state index contributed by atoms with van der Waals surface area (Å²) in [5, 5.41) is 23.9. The number of carbonyl (C=O) groups excluding carboxylic acids is 6. The Kier molecular flexibility index (Phi) is 23.7. The summed E-state index contributed by atoms with van der Waals surface area (Å²) < 4.78 is 0. The van der Waals surface area contributed by atoms with E-state index in [9.17, 15) is 38.7 Å². The summed E-state index contributed by atoms with van der Waals surface area (Å²) in [5.74, 6) is -3.01. The average Bonchev–Trinajstić information content (AvgIpc) is 3.35. The molecule has 3 aromatic rings. The third-order valence-corrected chi connectivity index (χ3v) is 13.8. The van der Waals surface area contributed by atoms with Crippen molar-refractivity contribution in [3.63, 3.8) is 0 Å². The summed E-state index contributed by atoms with van der Waals surface area (Å²) in [6.07, 6.45) is 6.57. The van der Waals surface area contributed by atoms with Gasteiger partial charge >= 0.3 is 12.0 Å². The van der Waals surface area contributed by atoms with E-state index < -0.39 is 41.7 Å². The zero-order chi connectivity index (χ0) is 53.6. The largest absolute Gasteiger partial charge is 0.480 e. The van der Waals surface area contributed by atoms with Crippen LogP contribution in [0.25, 0.3) is 10.8 Å². The van der Waals surface area contributed by atoms with E-state index >= 15 is 0 Å². The predicted molar refractivity (Wildman–Crippen MR) is 286 cm³/mol. The molecule has 2 unspecified atom stereocenters. The Bertz CT molecular complexity index is 2370. The van der Waals surface area contributed by atoms with E-state index in [0.29, 0.717) is 109 Å². The van der Waals surface area contributed by atoms with Crippen LogP contribution < -0.4 is 44.2 Å². The van der Waals surface area contributed by atoms with Gasteiger partial charge in [0, 0.05) is 94.7 Å². The summed E-state index contributed by atoms with van der Waals surface area (Å²) in [5.41, 5.74) is 25.1. The summed E-state index contributed by atoms with van der Waals surface area (Å²) in [7, 11) is 0. The number of urea groups is 1. The Morgan fingerprint density at radius 2 is 1.36 bits per heavy atom. The molecule has 1 aromatic heterocycles. The number of anilines is 1. The van der Waals surface area contributed by atoms with Crippen LogP contribution >= 0.6 is 12.2 Å². The Balaban J connectivity index is 1.17. The molecular formula is C51H76N14O8S. The van der Waals surface area contributed by atoms with E-state index in [2.05, 4.69) is 26.3 Å². The fourth-order valence-electron chi connectivity index (χ4n) is 9.78. The second-order valence-corrected chi connectivity index (χ2v) is 19.8. The Labute approximate surface area is 438 Å². The highest BCUT2D eigenvalue weighted by molar-refractivity contribution is 7.80. The minimum absolute atomic E-state index is 0.00709. The van der Waals surface area contributed by atoms with Crippen molar-refractivity contribution in [2.75, 3.05) is 96.9 Å². The standard InChI is InChI=1S/C51H76N14O8S/c1-2-56-50(73)60-42(49(71)72)9-5-6-20-65(30-43-41-8-4-3-7-37(41)18-19-57-43)48(70)38-14-10-36(11-15-38)28-58-51(74)59-39-16-12-35(13-17-39)27-40-29-63(33-46(54)68)24-23-61(31-44(52)66)21-22-62(32-45(53)67)25-26-64(40)34-47(55)69/h3-4,7-8,12-13,16-19,36,38,40,42H,2,5-6,9-11,14-15,20-34H2,1H3,(H2,52,66)(H2,53,67)(H2,54,68)(H2,55,69)(H,71,72)(H2,56,60,73)(H2,58,59,74). The highest BCUT2D eigenvalue weighted by Crippen LogP contribution is 2.31. The number of aliphatic carboxylic acids is 1. The SMILES string of the molecule is CCNC(=O)NC(CCCCN(Cc1nccc2ccccc12)C(=O)C1CCC(CNC(=S)Nc2ccc(CC3CN(CC(N)=O)CCN(CC(N)=O)CCN(CC(N)=O)CCN3CC(N)=O)cc2)CC1)C(=O)O. The Morgan fingerprint density at radius 3 is 1.99 bits per heavy atom. The normalized spacial score (nSPS) is 19.0. The quantitative estimate of drug-likeness (QED) is 0.0433. The first kappa shape index (κ1) is 58.4. The van der Waals surface area contributed by atoms with E-state index in [0.717, 1.165) is 40.6 Å². The molecule has 74 heavy (non-hydrogen) atoms. The first-order valence-electron chi connectivity index (χ1n) is 25.5. The molecule has 404 valence electrons. The van der Waals surface area contributed by atoms with Crippen LogP contribution in [0.3, 0.4) is 0 Å². The topological polar surface area (TPSA) is 321 Å². The number of carbonyl (C=O) groups is 7. The van der Waals surface area contributed by atoms with Gasteiger partial charge in [0.25, 0.3) is 0 Å². The smallest absolute Gasteiger partial charge is 0.326 e. The van der Waals surface area contributed by atoms with Crippen molar-refractivity contribution in [2.24, 2.45) is 34.8 Å². The number of rotatable bonds is 24. The molecule has 1 saturated carbocycles. The number of amides is 7. The van der Waals surface area contributed by atoms with Gasteiger partial charge in [-0.05, 0) is 106 Å². The minimum atomic E-state index is -1.11. The van der Waals surface area contributed by atoms with Gasteiger partial charge in [0.1, 0.15) is 6.04 Å². The van der Waals surface area contributed by atoms with Crippen LogP contribution in [-0.2, 0) is 41.7 Å². The highest BCUT2D eigenvalue weighted by atomic mass is 32.1. The zero-order valence-electron chi connectivity index (χ0n) is 42.6. The van der Waals surface area contributed by atoms with Crippen molar-refractivity contribution >= 4 is 75.3 Å². The van der Waals surface area contributed by atoms with Crippen LogP contribution in [0, 0.1) is 11.8 Å². The van der Waals surface area contributed by atoms with E-state index in [4.69, 9.17) is 35.2 Å². The van der Waals surface area contributed by atoms with Crippen LogP contribution in [0.1, 0.15) is 63.1 Å². The first-order valence-corrected chi connectivity index (χ1v) is 25.9. The molecule has 2 fully saturated rings. The molecule has 13 N–H and O–H groups in total. The van der Waals surface area contributed by atoms with Crippen molar-refractivity contribution in [3.8, 4) is 0 Å². The van der Waals surface area contributed by atoms with Gasteiger partial charge < -0.3 is 54.2 Å². The molecule has 2 heterocycles. The molecule has 5 rings (SSSR count). The van der Waals surface area contributed by atoms with Gasteiger partial charge in [0.05, 0.1) is 38.4 Å². The molecule has 7 amide bonds. The summed E-state index contributed by atoms with van der Waals surface area (Å²) in [6.45, 7) is 6.05. The number of nitrogens with two attached hydrogens (primary N) is 4. The highest BCUT2D eigenvalue weighted by Gasteiger charge is 2.31. The van der Waals surface area contributed by atoms with E-state index in [1.807, 2.05) is 79.1 Å². The molecule has 23 heteroatoms. The van der Waals surface area contributed by atoms with Crippen molar-refractivity contribution in [1.82, 2.24) is 45.4 Å². The molecule has 1 aliphatic heterocycles. The number of nitrogens with one attached hydrogen (secondary N) is 4. The van der Waals surface area contributed by atoms with Crippen molar-refractivity contribution in [1.29, 1.82) is 0 Å². The Morgan fingerprint density at radius 1 is 0.757 bits per heavy atom. The van der Waals surface area contributed by atoms with Gasteiger partial charge in [-0.25, -0.2) is 9.59 Å². The van der Waals surface area contributed by atoms with Gasteiger partial charge in [0.2, 0.25) is 29.5 Å². The fraction of sp³-hybridized carbons (Fsp3) is 0.549. The predicted octanol–water partition coefficient (Wildman–Crippen LogP) is 0.373. The number of unbranched alkanes of at least 4 members (excludes halogenated alkanes) is 1. The summed E-state index contributed by atoms with van der Waals surface area (Å²) >= 11 is 5.72. The van der Waals surface area contributed by atoms with E-state index in [-0.39, 0.29) is 56.4 Å². The lowest BCUT2D eigenvalue weighted by atomic mass is 9.81. The fourth-order valence-corrected chi connectivity index (χ4v) is 9.99. The van der Waals surface area contributed by atoms with Gasteiger partial charge in [-0.15, -0.1) is 0 Å². The third-order valence-electron chi connectivity index (χ3n) is 13.6. The lowest BCUT2D eigenvalue weighted by Crippen LogP contribution is -2.54. The van der Waals surface area contributed by atoms with Crippen LogP contribution in [0.15, 0.2) is 60.8 Å². The number of hydrogen-bond donors (Lipinski definition) is 9. The van der Waals surface area contributed by atoms with Crippen LogP contribution in [-0.4, -0.2) is 185 Å². The number of aromatic nitrogens is 1. The molecule has 22 nitrogen and oxygen atoms in total. The number of benzene rings is 2. The van der Waals surface area contributed by atoms with Crippen LogP contribution in [0.5, 0.6) is 0 Å². The van der Waals surface area contributed by atoms with Crippen molar-refractivity contribution in [2.45, 2.75) is 76.9 Å². The minimum Gasteiger partial charge on any atom is -0.480 e. The Hall–Kier alpha value is -6.53. The maximum Gasteiger partial charge on any atom is 0.326 e. The van der Waals surface area contributed by atoms with E-state index in [1.54, 1.807) is 13.1 Å². The number of hydrogen-bond acceptors (Lipinski definition) is 13. The number of pyridine rings is 1. The number of thiocarbonyl (C=S) groups is 1. The number of nitrogens with zero attached hydrogens (tertiary/aromatic N) is 6. The molecule has 1 saturated heterocycles. The molecule has 2 atom stereocenters. The second kappa shape index (κ2) is 30.0. The molecular weight excluding hydrogens is 969 g/mol. The molecule has 0 bridgehead atoms. The maximum atomic E-state index is 14.3. The molecule has 1 aliphatic carbocycles. The number of carboxylic acid groups (broad SMARTS) is 1. The molecule has 2 aliphatic rings. The maximum absolute atomic E-state index is 14.3. The summed E-state index contributed by atoms with van der Waals surface area (Å²) in [4.78, 5) is 101. The van der Waals surface area contributed by atoms with Gasteiger partial charge in [-0.2, -0.15) is 0 Å². The van der Waals surface area contributed by atoms with Crippen molar-refractivity contribution in [3.05, 3.63) is 72.1 Å². The first-order chi connectivity index (χ1) is 35.5. The number of carboxylic acids is 1. The number of fused-ring (bicyclic) bond motifs is 1. The molecule has 0 radical (unpaired) electrons. The zero-order valence-corrected chi connectivity index (χ0v) is 43.4. The van der Waals surface area contributed by atoms with Gasteiger partial charge in [-0.1, -0.05) is 36.4 Å². The number of primary amides is 4. The average molecular weight is 1050 g/mol. The van der Waals surface area contributed by atoms with E-state index in [1.165, 1.54) is 0 Å². The van der Waals surface area contributed by atoms with Crippen LogP contribution in [0.4, 0.5) is 10.5 Å². The van der Waals surface area contributed by atoms with Crippen LogP contribution in [0.2, 0.25) is 0 Å². The van der Waals surface area contributed by atoms with Gasteiger partial charge in [-0.3, -0.25) is 48.6 Å². The summed E-state index contributed by atoms with van der Waals surface area (Å²) in [6, 6.07) is 15.7. The van der Waals surface area contributed by atoms with Gasteiger partial charge in [0.15, 0.2) is 5.11 Å². The molecule has 2 aromatic carbocycles. The van der Waals surface area contributed by atoms with Crippen molar-refractivity contribution < 1.29 is 38.7 Å². The lowest BCUT2D eigenvalue weighted by molar-refractivity contribution is -0.140. The lowest BCUT2D eigenvalue weighted by Gasteiger charge is -2.38. The molecule has 0 spiro atoms. The third kappa shape index (κ3) is 20.1. The monoisotopic (exact) mass is 1040 g/mol.